The lowest BCUT2D eigenvalue weighted by Crippen LogP contribution is -2.18. The Bertz CT molecular complexity index is 908. The first-order valence-corrected chi connectivity index (χ1v) is 7.87. The first-order valence-electron chi connectivity index (χ1n) is 7.87. The van der Waals surface area contributed by atoms with E-state index >= 15 is 0 Å². The first kappa shape index (κ1) is 12.0. The molecule has 1 heterocycles. The van der Waals surface area contributed by atoms with Gasteiger partial charge in [-0.2, -0.15) is 0 Å². The fourth-order valence-corrected chi connectivity index (χ4v) is 3.99. The molecule has 0 bridgehead atoms. The third kappa shape index (κ3) is 1.54. The summed E-state index contributed by atoms with van der Waals surface area (Å²) in [6.45, 7) is 0. The van der Waals surface area contributed by atoms with E-state index in [0.29, 0.717) is 0 Å². The van der Waals surface area contributed by atoms with Gasteiger partial charge in [-0.05, 0) is 58.0 Å². The average molecular weight is 283 g/mol. The summed E-state index contributed by atoms with van der Waals surface area (Å²) in [6.07, 6.45) is 2.10. The quantitative estimate of drug-likeness (QED) is 0.442. The molecule has 0 radical (unpaired) electrons. The van der Waals surface area contributed by atoms with Crippen LogP contribution in [0.3, 0.4) is 0 Å². The van der Waals surface area contributed by atoms with Crippen molar-refractivity contribution in [2.24, 2.45) is 0 Å². The Morgan fingerprint density at radius 2 is 1.36 bits per heavy atom. The SMILES string of the molecule is CN1c2ccccc2Cc2cc3c(cc21)Cc1ccccc1-3. The topological polar surface area (TPSA) is 3.24 Å². The predicted octanol–water partition coefficient (Wildman–Crippen LogP) is 4.93. The molecule has 0 saturated carbocycles. The summed E-state index contributed by atoms with van der Waals surface area (Å²) in [4.78, 5) is 2.34. The van der Waals surface area contributed by atoms with Crippen LogP contribution >= 0.6 is 0 Å². The van der Waals surface area contributed by atoms with Crippen molar-refractivity contribution in [2.45, 2.75) is 12.8 Å². The minimum Gasteiger partial charge on any atom is -0.344 e. The molecule has 3 aromatic rings. The Morgan fingerprint density at radius 1 is 0.636 bits per heavy atom. The van der Waals surface area contributed by atoms with Crippen molar-refractivity contribution in [3.63, 3.8) is 0 Å². The molecule has 0 fully saturated rings. The van der Waals surface area contributed by atoms with Crippen LogP contribution in [-0.4, -0.2) is 7.05 Å². The first-order chi connectivity index (χ1) is 10.8. The highest BCUT2D eigenvalue weighted by molar-refractivity contribution is 5.83. The molecule has 0 amide bonds. The Labute approximate surface area is 130 Å². The van der Waals surface area contributed by atoms with Crippen molar-refractivity contribution in [1.29, 1.82) is 0 Å². The Morgan fingerprint density at radius 3 is 2.27 bits per heavy atom. The van der Waals surface area contributed by atoms with E-state index in [9.17, 15) is 0 Å². The van der Waals surface area contributed by atoms with Crippen molar-refractivity contribution in [1.82, 2.24) is 0 Å². The third-order valence-electron chi connectivity index (χ3n) is 5.09. The van der Waals surface area contributed by atoms with Crippen LogP contribution in [0.15, 0.2) is 60.7 Å². The third-order valence-corrected chi connectivity index (χ3v) is 5.09. The van der Waals surface area contributed by atoms with Crippen molar-refractivity contribution < 1.29 is 0 Å². The van der Waals surface area contributed by atoms with Crippen molar-refractivity contribution in [3.8, 4) is 11.1 Å². The molecular formula is C21H17N. The standard InChI is InChI=1S/C21H17N/c1-22-20-9-5-3-7-15(20)11-17-12-19-16(13-21(17)22)10-14-6-2-4-8-18(14)19/h2-9,12-13H,10-11H2,1H3. The zero-order valence-corrected chi connectivity index (χ0v) is 12.6. The van der Waals surface area contributed by atoms with Crippen LogP contribution in [0.4, 0.5) is 11.4 Å². The Hall–Kier alpha value is -2.54. The maximum Gasteiger partial charge on any atom is 0.0447 e. The van der Waals surface area contributed by atoms with Crippen LogP contribution in [-0.2, 0) is 12.8 Å². The van der Waals surface area contributed by atoms with Gasteiger partial charge in [-0.15, -0.1) is 0 Å². The van der Waals surface area contributed by atoms with Gasteiger partial charge in [-0.1, -0.05) is 42.5 Å². The van der Waals surface area contributed by atoms with Gasteiger partial charge in [0.25, 0.3) is 0 Å². The van der Waals surface area contributed by atoms with Crippen molar-refractivity contribution in [3.05, 3.63) is 82.9 Å². The zero-order chi connectivity index (χ0) is 14.7. The van der Waals surface area contributed by atoms with E-state index in [1.165, 1.54) is 44.8 Å². The second-order valence-electron chi connectivity index (χ2n) is 6.34. The molecule has 0 atom stereocenters. The highest BCUT2D eigenvalue weighted by Crippen LogP contribution is 2.44. The van der Waals surface area contributed by atoms with Crippen molar-refractivity contribution in [2.75, 3.05) is 11.9 Å². The summed E-state index contributed by atoms with van der Waals surface area (Å²) in [7, 11) is 2.19. The number of benzene rings is 3. The van der Waals surface area contributed by atoms with E-state index in [1.807, 2.05) is 0 Å². The summed E-state index contributed by atoms with van der Waals surface area (Å²) in [6, 6.07) is 22.4. The van der Waals surface area contributed by atoms with Crippen LogP contribution < -0.4 is 4.90 Å². The number of hydrogen-bond acceptors (Lipinski definition) is 1. The van der Waals surface area contributed by atoms with E-state index in [0.717, 1.165) is 12.8 Å². The summed E-state index contributed by atoms with van der Waals surface area (Å²) < 4.78 is 0. The van der Waals surface area contributed by atoms with Crippen LogP contribution in [0.5, 0.6) is 0 Å². The van der Waals surface area contributed by atoms with E-state index < -0.39 is 0 Å². The lowest BCUT2D eigenvalue weighted by atomic mass is 9.92. The highest BCUT2D eigenvalue weighted by atomic mass is 15.1. The normalized spacial score (nSPS) is 14.1. The molecular weight excluding hydrogens is 266 g/mol. The molecule has 106 valence electrons. The van der Waals surface area contributed by atoms with Crippen LogP contribution in [0.25, 0.3) is 11.1 Å². The maximum absolute atomic E-state index is 2.42. The molecule has 1 nitrogen and oxygen atoms in total. The van der Waals surface area contributed by atoms with Gasteiger partial charge in [0.2, 0.25) is 0 Å². The lowest BCUT2D eigenvalue weighted by molar-refractivity contribution is 1.05. The monoisotopic (exact) mass is 283 g/mol. The summed E-state index contributed by atoms with van der Waals surface area (Å²) in [5, 5.41) is 0. The molecule has 3 aromatic carbocycles. The van der Waals surface area contributed by atoms with Crippen molar-refractivity contribution >= 4 is 11.4 Å². The van der Waals surface area contributed by atoms with Gasteiger partial charge < -0.3 is 4.90 Å². The van der Waals surface area contributed by atoms with Gasteiger partial charge in [-0.25, -0.2) is 0 Å². The smallest absolute Gasteiger partial charge is 0.0447 e. The second kappa shape index (κ2) is 4.23. The molecule has 1 aliphatic heterocycles. The van der Waals surface area contributed by atoms with E-state index in [2.05, 4.69) is 72.6 Å². The van der Waals surface area contributed by atoms with Gasteiger partial charge in [0.05, 0.1) is 0 Å². The van der Waals surface area contributed by atoms with Gasteiger partial charge in [-0.3, -0.25) is 0 Å². The molecule has 2 aliphatic rings. The number of anilines is 2. The molecule has 1 aliphatic carbocycles. The van der Waals surface area contributed by atoms with Crippen LogP contribution in [0.2, 0.25) is 0 Å². The second-order valence-corrected chi connectivity index (χ2v) is 6.34. The van der Waals surface area contributed by atoms with Gasteiger partial charge >= 0.3 is 0 Å². The fraction of sp³-hybridized carbons (Fsp3) is 0.143. The molecule has 22 heavy (non-hydrogen) atoms. The number of fused-ring (bicyclic) bond motifs is 5. The molecule has 0 N–H and O–H groups in total. The van der Waals surface area contributed by atoms with E-state index in [1.54, 1.807) is 0 Å². The van der Waals surface area contributed by atoms with Gasteiger partial charge in [0.1, 0.15) is 0 Å². The number of rotatable bonds is 0. The lowest BCUT2D eigenvalue weighted by Gasteiger charge is -2.30. The fourth-order valence-electron chi connectivity index (χ4n) is 3.99. The van der Waals surface area contributed by atoms with E-state index in [4.69, 9.17) is 0 Å². The molecule has 5 rings (SSSR count). The molecule has 0 aromatic heterocycles. The minimum atomic E-state index is 1.03. The summed E-state index contributed by atoms with van der Waals surface area (Å²) in [5.74, 6) is 0. The van der Waals surface area contributed by atoms with Gasteiger partial charge in [0.15, 0.2) is 0 Å². The summed E-state index contributed by atoms with van der Waals surface area (Å²) in [5.41, 5.74) is 11.3. The highest BCUT2D eigenvalue weighted by Gasteiger charge is 2.25. The average Bonchev–Trinajstić information content (AvgIpc) is 2.91. The van der Waals surface area contributed by atoms with E-state index in [-0.39, 0.29) is 0 Å². The predicted molar refractivity (Wildman–Crippen MR) is 92.0 cm³/mol. The largest absolute Gasteiger partial charge is 0.344 e. The van der Waals surface area contributed by atoms with Gasteiger partial charge in [0, 0.05) is 24.8 Å². The summed E-state index contributed by atoms with van der Waals surface area (Å²) >= 11 is 0. The van der Waals surface area contributed by atoms with Crippen LogP contribution in [0, 0.1) is 0 Å². The Kier molecular flexibility index (Phi) is 2.32. The Balaban J connectivity index is 1.71. The molecule has 0 unspecified atom stereocenters. The molecule has 0 saturated heterocycles. The number of para-hydroxylation sites is 1. The minimum absolute atomic E-state index is 1.03. The molecule has 0 spiro atoms. The van der Waals surface area contributed by atoms with Crippen LogP contribution in [0.1, 0.15) is 22.3 Å². The number of hydrogen-bond donors (Lipinski definition) is 0. The molecule has 1 heteroatoms. The zero-order valence-electron chi connectivity index (χ0n) is 12.6. The maximum atomic E-state index is 2.42. The number of nitrogens with zero attached hydrogens (tertiary/aromatic N) is 1.